The van der Waals surface area contributed by atoms with E-state index in [0.717, 1.165) is 32.4 Å². The summed E-state index contributed by atoms with van der Waals surface area (Å²) in [5.74, 6) is 0.406. The Bertz CT molecular complexity index is 230. The topological polar surface area (TPSA) is 32.7 Å². The molecule has 1 saturated carbocycles. The maximum absolute atomic E-state index is 10.1. The molecule has 0 aliphatic heterocycles. The summed E-state index contributed by atoms with van der Waals surface area (Å²) in [6.45, 7) is 8.51. The molecule has 0 saturated heterocycles. The number of rotatable bonds is 5. The van der Waals surface area contributed by atoms with Crippen molar-refractivity contribution in [1.82, 2.24) is 4.90 Å². The van der Waals surface area contributed by atoms with Gasteiger partial charge in [-0.25, -0.2) is 0 Å². The normalized spacial score (nSPS) is 30.5. The molecule has 0 aromatic rings. The molecule has 3 unspecified atom stereocenters. The summed E-state index contributed by atoms with van der Waals surface area (Å²) in [5, 5.41) is 10.1. The van der Waals surface area contributed by atoms with E-state index >= 15 is 0 Å². The Hall–Kier alpha value is -0.120. The van der Waals surface area contributed by atoms with Gasteiger partial charge in [0.1, 0.15) is 0 Å². The van der Waals surface area contributed by atoms with Gasteiger partial charge in [-0.05, 0) is 44.6 Å². The number of hydrogen-bond donors (Lipinski definition) is 1. The number of aliphatic hydroxyl groups excluding tert-OH is 1. The second-order valence-electron chi connectivity index (χ2n) is 6.48. The molecule has 0 aromatic carbocycles. The summed E-state index contributed by atoms with van der Waals surface area (Å²) in [6, 6.07) is 0.414. The van der Waals surface area contributed by atoms with E-state index in [-0.39, 0.29) is 6.10 Å². The Morgan fingerprint density at radius 3 is 2.71 bits per heavy atom. The van der Waals surface area contributed by atoms with E-state index in [1.165, 1.54) is 0 Å². The van der Waals surface area contributed by atoms with Crippen molar-refractivity contribution >= 4 is 0 Å². The van der Waals surface area contributed by atoms with E-state index in [4.69, 9.17) is 4.74 Å². The molecule has 17 heavy (non-hydrogen) atoms. The predicted molar refractivity (Wildman–Crippen MR) is 71.1 cm³/mol. The molecular formula is C14H29NO2. The molecule has 0 bridgehead atoms. The highest BCUT2D eigenvalue weighted by Crippen LogP contribution is 2.39. The van der Waals surface area contributed by atoms with Crippen molar-refractivity contribution in [3.05, 3.63) is 0 Å². The van der Waals surface area contributed by atoms with Crippen LogP contribution in [-0.2, 0) is 4.74 Å². The van der Waals surface area contributed by atoms with Crippen LogP contribution in [-0.4, -0.2) is 49.5 Å². The highest BCUT2D eigenvalue weighted by molar-refractivity contribution is 4.86. The van der Waals surface area contributed by atoms with E-state index < -0.39 is 0 Å². The van der Waals surface area contributed by atoms with Crippen LogP contribution in [0.2, 0.25) is 0 Å². The van der Waals surface area contributed by atoms with Crippen LogP contribution in [0.15, 0.2) is 0 Å². The Labute approximate surface area is 106 Å². The molecule has 0 amide bonds. The third kappa shape index (κ3) is 4.57. The van der Waals surface area contributed by atoms with Crippen LogP contribution in [0, 0.1) is 11.3 Å². The number of aliphatic hydroxyl groups is 1. The molecule has 3 heteroatoms. The van der Waals surface area contributed by atoms with E-state index in [0.29, 0.717) is 17.4 Å². The van der Waals surface area contributed by atoms with Gasteiger partial charge in [-0.1, -0.05) is 13.8 Å². The van der Waals surface area contributed by atoms with E-state index in [9.17, 15) is 5.11 Å². The van der Waals surface area contributed by atoms with Gasteiger partial charge >= 0.3 is 0 Å². The van der Waals surface area contributed by atoms with Crippen LogP contribution < -0.4 is 0 Å². The van der Waals surface area contributed by atoms with Crippen molar-refractivity contribution in [3.63, 3.8) is 0 Å². The summed E-state index contributed by atoms with van der Waals surface area (Å²) in [4.78, 5) is 2.30. The molecule has 1 fully saturated rings. The van der Waals surface area contributed by atoms with Gasteiger partial charge in [0.2, 0.25) is 0 Å². The van der Waals surface area contributed by atoms with Crippen LogP contribution in [0.3, 0.4) is 0 Å². The van der Waals surface area contributed by atoms with E-state index in [1.54, 1.807) is 7.11 Å². The van der Waals surface area contributed by atoms with Gasteiger partial charge in [0.15, 0.2) is 0 Å². The highest BCUT2D eigenvalue weighted by atomic mass is 16.5. The van der Waals surface area contributed by atoms with Gasteiger partial charge in [0, 0.05) is 19.7 Å². The first-order valence-corrected chi connectivity index (χ1v) is 6.73. The summed E-state index contributed by atoms with van der Waals surface area (Å²) in [6.07, 6.45) is 3.09. The number of likely N-dealkylation sites (N-methyl/N-ethyl adjacent to an activating group) is 1. The van der Waals surface area contributed by atoms with Gasteiger partial charge < -0.3 is 14.7 Å². The molecule has 102 valence electrons. The zero-order chi connectivity index (χ0) is 13.1. The standard InChI is InChI=1S/C14H29NO2/c1-11(10-17-5)15(4)9-12-8-14(2,3)7-6-13(12)16/h11-13,16H,6-10H2,1-5H3. The van der Waals surface area contributed by atoms with Gasteiger partial charge in [0.05, 0.1) is 12.7 Å². The monoisotopic (exact) mass is 243 g/mol. The second kappa shape index (κ2) is 6.17. The number of ether oxygens (including phenoxy) is 1. The zero-order valence-electron chi connectivity index (χ0n) is 12.1. The van der Waals surface area contributed by atoms with Crippen LogP contribution >= 0.6 is 0 Å². The molecule has 0 radical (unpaired) electrons. The van der Waals surface area contributed by atoms with Crippen LogP contribution in [0.1, 0.15) is 40.0 Å². The van der Waals surface area contributed by atoms with Crippen molar-refractivity contribution in [2.45, 2.75) is 52.2 Å². The molecule has 0 spiro atoms. The summed E-state index contributed by atoms with van der Waals surface area (Å²) < 4.78 is 5.18. The number of nitrogens with zero attached hydrogens (tertiary/aromatic N) is 1. The smallest absolute Gasteiger partial charge is 0.0615 e. The van der Waals surface area contributed by atoms with Crippen LogP contribution in [0.5, 0.6) is 0 Å². The minimum Gasteiger partial charge on any atom is -0.393 e. The van der Waals surface area contributed by atoms with Crippen molar-refractivity contribution in [1.29, 1.82) is 0 Å². The highest BCUT2D eigenvalue weighted by Gasteiger charge is 2.34. The van der Waals surface area contributed by atoms with Crippen LogP contribution in [0.25, 0.3) is 0 Å². The Kier molecular flexibility index (Phi) is 5.42. The maximum Gasteiger partial charge on any atom is 0.0615 e. The van der Waals surface area contributed by atoms with Gasteiger partial charge in [-0.2, -0.15) is 0 Å². The van der Waals surface area contributed by atoms with Crippen molar-refractivity contribution in [2.75, 3.05) is 27.3 Å². The lowest BCUT2D eigenvalue weighted by molar-refractivity contribution is -0.00247. The van der Waals surface area contributed by atoms with Crippen molar-refractivity contribution in [2.24, 2.45) is 11.3 Å². The second-order valence-corrected chi connectivity index (χ2v) is 6.48. The lowest BCUT2D eigenvalue weighted by Gasteiger charge is -2.41. The Morgan fingerprint density at radius 2 is 2.12 bits per heavy atom. The average molecular weight is 243 g/mol. The zero-order valence-corrected chi connectivity index (χ0v) is 12.1. The molecular weight excluding hydrogens is 214 g/mol. The maximum atomic E-state index is 10.1. The molecule has 1 aliphatic carbocycles. The minimum absolute atomic E-state index is 0.125. The first-order chi connectivity index (χ1) is 7.85. The average Bonchev–Trinajstić information content (AvgIpc) is 2.23. The first kappa shape index (κ1) is 14.9. The lowest BCUT2D eigenvalue weighted by Crippen LogP contribution is -2.43. The molecule has 1 rings (SSSR count). The summed E-state index contributed by atoms with van der Waals surface area (Å²) in [5.41, 5.74) is 0.384. The third-order valence-corrected chi connectivity index (χ3v) is 4.16. The SMILES string of the molecule is COCC(C)N(C)CC1CC(C)(C)CCC1O. The van der Waals surface area contributed by atoms with Gasteiger partial charge in [-0.15, -0.1) is 0 Å². The number of methoxy groups -OCH3 is 1. The fraction of sp³-hybridized carbons (Fsp3) is 1.00. The quantitative estimate of drug-likeness (QED) is 0.803. The molecule has 0 heterocycles. The number of hydrogen-bond acceptors (Lipinski definition) is 3. The van der Waals surface area contributed by atoms with Crippen molar-refractivity contribution < 1.29 is 9.84 Å². The Morgan fingerprint density at radius 1 is 1.47 bits per heavy atom. The van der Waals surface area contributed by atoms with Crippen molar-refractivity contribution in [3.8, 4) is 0 Å². The first-order valence-electron chi connectivity index (χ1n) is 6.73. The van der Waals surface area contributed by atoms with E-state index in [1.807, 2.05) is 0 Å². The third-order valence-electron chi connectivity index (χ3n) is 4.16. The summed E-state index contributed by atoms with van der Waals surface area (Å²) >= 11 is 0. The molecule has 3 atom stereocenters. The summed E-state index contributed by atoms with van der Waals surface area (Å²) in [7, 11) is 3.86. The lowest BCUT2D eigenvalue weighted by atomic mass is 9.70. The van der Waals surface area contributed by atoms with Gasteiger partial charge in [0.25, 0.3) is 0 Å². The largest absolute Gasteiger partial charge is 0.393 e. The Balaban J connectivity index is 2.48. The molecule has 0 aromatic heterocycles. The predicted octanol–water partition coefficient (Wildman–Crippen LogP) is 2.14. The minimum atomic E-state index is -0.125. The molecule has 3 nitrogen and oxygen atoms in total. The fourth-order valence-electron chi connectivity index (χ4n) is 2.83. The molecule has 1 aliphatic rings. The fourth-order valence-corrected chi connectivity index (χ4v) is 2.83. The van der Waals surface area contributed by atoms with Gasteiger partial charge in [-0.3, -0.25) is 0 Å². The van der Waals surface area contributed by atoms with E-state index in [2.05, 4.69) is 32.7 Å². The van der Waals surface area contributed by atoms with Crippen LogP contribution in [0.4, 0.5) is 0 Å². The molecule has 1 N–H and O–H groups in total.